The zero-order valence-electron chi connectivity index (χ0n) is 10.9. The SMILES string of the molecule is CSC1(CNCc2cnc3cnc(Br)cn23)CCC1. The summed E-state index contributed by atoms with van der Waals surface area (Å²) in [4.78, 5) is 8.55. The number of aromatic nitrogens is 3. The Morgan fingerprint density at radius 1 is 1.42 bits per heavy atom. The molecule has 0 unspecified atom stereocenters. The Hall–Kier alpha value is -0.590. The zero-order valence-corrected chi connectivity index (χ0v) is 13.3. The molecular weight excluding hydrogens is 324 g/mol. The molecule has 0 aromatic carbocycles. The average molecular weight is 341 g/mol. The molecule has 2 heterocycles. The van der Waals surface area contributed by atoms with E-state index in [-0.39, 0.29) is 0 Å². The van der Waals surface area contributed by atoms with Gasteiger partial charge in [0.2, 0.25) is 0 Å². The number of halogens is 1. The van der Waals surface area contributed by atoms with E-state index in [9.17, 15) is 0 Å². The first-order valence-electron chi connectivity index (χ1n) is 6.46. The van der Waals surface area contributed by atoms with Gasteiger partial charge in [-0.1, -0.05) is 6.42 Å². The van der Waals surface area contributed by atoms with E-state index in [1.165, 1.54) is 25.0 Å². The predicted octanol–water partition coefficient (Wildman–Crippen LogP) is 2.87. The highest BCUT2D eigenvalue weighted by Gasteiger charge is 2.35. The topological polar surface area (TPSA) is 42.2 Å². The molecule has 19 heavy (non-hydrogen) atoms. The first kappa shape index (κ1) is 13.4. The fraction of sp³-hybridized carbons (Fsp3) is 0.538. The number of nitrogens with one attached hydrogen (secondary N) is 1. The van der Waals surface area contributed by atoms with Gasteiger partial charge in [-0.15, -0.1) is 0 Å². The Kier molecular flexibility index (Phi) is 3.82. The van der Waals surface area contributed by atoms with Crippen LogP contribution < -0.4 is 5.32 Å². The van der Waals surface area contributed by atoms with Gasteiger partial charge in [-0.2, -0.15) is 11.8 Å². The van der Waals surface area contributed by atoms with Crippen LogP contribution in [0.1, 0.15) is 25.0 Å². The van der Waals surface area contributed by atoms with Crippen molar-refractivity contribution >= 4 is 33.3 Å². The lowest BCUT2D eigenvalue weighted by atomic mass is 9.84. The van der Waals surface area contributed by atoms with E-state index in [0.717, 1.165) is 23.3 Å². The van der Waals surface area contributed by atoms with Crippen LogP contribution in [0.2, 0.25) is 0 Å². The largest absolute Gasteiger partial charge is 0.310 e. The van der Waals surface area contributed by atoms with Crippen molar-refractivity contribution in [3.63, 3.8) is 0 Å². The highest BCUT2D eigenvalue weighted by atomic mass is 79.9. The van der Waals surface area contributed by atoms with E-state index in [2.05, 4.69) is 41.9 Å². The lowest BCUT2D eigenvalue weighted by molar-refractivity contribution is 0.345. The number of thioether (sulfide) groups is 1. The van der Waals surface area contributed by atoms with Crippen molar-refractivity contribution in [3.8, 4) is 0 Å². The van der Waals surface area contributed by atoms with Crippen LogP contribution in [0.4, 0.5) is 0 Å². The van der Waals surface area contributed by atoms with Gasteiger partial charge in [-0.25, -0.2) is 9.97 Å². The molecule has 0 atom stereocenters. The maximum Gasteiger partial charge on any atom is 0.155 e. The van der Waals surface area contributed by atoms with Crippen LogP contribution in [0, 0.1) is 0 Å². The van der Waals surface area contributed by atoms with Gasteiger partial charge in [-0.3, -0.25) is 4.40 Å². The quantitative estimate of drug-likeness (QED) is 0.908. The first-order chi connectivity index (χ1) is 9.22. The van der Waals surface area contributed by atoms with E-state index >= 15 is 0 Å². The minimum absolute atomic E-state index is 0.475. The summed E-state index contributed by atoms with van der Waals surface area (Å²) < 4.78 is 3.39. The molecular formula is C13H17BrN4S. The third kappa shape index (κ3) is 2.66. The summed E-state index contributed by atoms with van der Waals surface area (Å²) in [5.74, 6) is 0. The van der Waals surface area contributed by atoms with E-state index in [0.29, 0.717) is 4.75 Å². The smallest absolute Gasteiger partial charge is 0.155 e. The van der Waals surface area contributed by atoms with Crippen molar-refractivity contribution in [2.75, 3.05) is 12.8 Å². The van der Waals surface area contributed by atoms with Crippen LogP contribution in [0.25, 0.3) is 5.65 Å². The maximum atomic E-state index is 4.36. The summed E-state index contributed by atoms with van der Waals surface area (Å²) in [6.45, 7) is 1.92. The van der Waals surface area contributed by atoms with Gasteiger partial charge in [0.1, 0.15) is 4.60 Å². The minimum atomic E-state index is 0.475. The molecule has 0 radical (unpaired) electrons. The molecule has 0 bridgehead atoms. The fourth-order valence-corrected chi connectivity index (χ4v) is 3.74. The molecule has 1 aliphatic carbocycles. The van der Waals surface area contributed by atoms with E-state index < -0.39 is 0 Å². The van der Waals surface area contributed by atoms with Crippen LogP contribution in [-0.2, 0) is 6.54 Å². The van der Waals surface area contributed by atoms with Crippen molar-refractivity contribution in [2.45, 2.75) is 30.6 Å². The third-order valence-corrected chi connectivity index (χ3v) is 5.72. The number of imidazole rings is 1. The molecule has 0 saturated heterocycles. The van der Waals surface area contributed by atoms with Gasteiger partial charge in [-0.05, 0) is 35.0 Å². The van der Waals surface area contributed by atoms with Crippen molar-refractivity contribution in [1.29, 1.82) is 0 Å². The standard InChI is InChI=1S/C13H17BrN4S/c1-19-13(3-2-4-13)9-15-5-10-6-17-12-7-16-11(14)8-18(10)12/h6-8,15H,2-5,9H2,1H3. The van der Waals surface area contributed by atoms with E-state index in [1.54, 1.807) is 6.20 Å². The molecule has 0 aliphatic heterocycles. The number of fused-ring (bicyclic) bond motifs is 1. The highest BCUT2D eigenvalue weighted by Crippen LogP contribution is 2.42. The summed E-state index contributed by atoms with van der Waals surface area (Å²) in [7, 11) is 0. The second kappa shape index (κ2) is 5.42. The Morgan fingerprint density at radius 2 is 2.26 bits per heavy atom. The number of hydrogen-bond donors (Lipinski definition) is 1. The molecule has 2 aromatic rings. The normalized spacial score (nSPS) is 17.6. The first-order valence-corrected chi connectivity index (χ1v) is 8.48. The second-order valence-electron chi connectivity index (χ2n) is 5.03. The molecule has 6 heteroatoms. The van der Waals surface area contributed by atoms with Gasteiger partial charge < -0.3 is 5.32 Å². The molecule has 1 fully saturated rings. The number of rotatable bonds is 5. The third-order valence-electron chi connectivity index (χ3n) is 3.89. The van der Waals surface area contributed by atoms with E-state index in [1.807, 2.05) is 24.2 Å². The molecule has 0 spiro atoms. The summed E-state index contributed by atoms with van der Waals surface area (Å²) in [5, 5.41) is 3.58. The van der Waals surface area contributed by atoms with Gasteiger partial charge in [0.05, 0.1) is 18.1 Å². The number of hydrogen-bond acceptors (Lipinski definition) is 4. The Morgan fingerprint density at radius 3 is 2.95 bits per heavy atom. The van der Waals surface area contributed by atoms with Crippen molar-refractivity contribution in [2.24, 2.45) is 0 Å². The summed E-state index contributed by atoms with van der Waals surface area (Å²) in [5.41, 5.74) is 2.07. The van der Waals surface area contributed by atoms with Crippen molar-refractivity contribution < 1.29 is 0 Å². The lowest BCUT2D eigenvalue weighted by Gasteiger charge is -2.40. The van der Waals surface area contributed by atoms with E-state index in [4.69, 9.17) is 0 Å². The number of nitrogens with zero attached hydrogens (tertiary/aromatic N) is 3. The highest BCUT2D eigenvalue weighted by molar-refractivity contribution is 9.10. The monoisotopic (exact) mass is 340 g/mol. The molecule has 3 rings (SSSR count). The predicted molar refractivity (Wildman–Crippen MR) is 82.5 cm³/mol. The lowest BCUT2D eigenvalue weighted by Crippen LogP contribution is -2.43. The second-order valence-corrected chi connectivity index (χ2v) is 7.12. The molecule has 4 nitrogen and oxygen atoms in total. The maximum absolute atomic E-state index is 4.36. The van der Waals surface area contributed by atoms with Crippen LogP contribution in [0.15, 0.2) is 23.2 Å². The molecule has 102 valence electrons. The van der Waals surface area contributed by atoms with Crippen LogP contribution in [0.3, 0.4) is 0 Å². The Balaban J connectivity index is 1.67. The summed E-state index contributed by atoms with van der Waals surface area (Å²) >= 11 is 5.40. The Bertz CT molecular complexity index is 574. The van der Waals surface area contributed by atoms with Crippen molar-refractivity contribution in [1.82, 2.24) is 19.7 Å². The fourth-order valence-electron chi connectivity index (χ4n) is 2.49. The van der Waals surface area contributed by atoms with Crippen LogP contribution in [0.5, 0.6) is 0 Å². The molecule has 1 N–H and O–H groups in total. The summed E-state index contributed by atoms with van der Waals surface area (Å²) in [6.07, 6.45) is 11.9. The average Bonchev–Trinajstić information content (AvgIpc) is 2.75. The van der Waals surface area contributed by atoms with Gasteiger partial charge >= 0.3 is 0 Å². The zero-order chi connectivity index (χ0) is 13.3. The molecule has 2 aromatic heterocycles. The minimum Gasteiger partial charge on any atom is -0.310 e. The van der Waals surface area contributed by atoms with Gasteiger partial charge in [0, 0.05) is 24.0 Å². The van der Waals surface area contributed by atoms with Crippen LogP contribution in [-0.4, -0.2) is 31.9 Å². The van der Waals surface area contributed by atoms with Crippen molar-refractivity contribution in [3.05, 3.63) is 28.9 Å². The summed E-state index contributed by atoms with van der Waals surface area (Å²) in [6, 6.07) is 0. The van der Waals surface area contributed by atoms with Gasteiger partial charge in [0.25, 0.3) is 0 Å². The van der Waals surface area contributed by atoms with Gasteiger partial charge in [0.15, 0.2) is 5.65 Å². The molecule has 1 aliphatic rings. The molecule has 0 amide bonds. The Labute approximate surface area is 125 Å². The molecule has 1 saturated carbocycles. The van der Waals surface area contributed by atoms with Crippen LogP contribution >= 0.6 is 27.7 Å².